The van der Waals surface area contributed by atoms with E-state index in [1.165, 1.54) is 16.6 Å². The Morgan fingerprint density at radius 3 is 2.87 bits per heavy atom. The number of benzene rings is 1. The minimum atomic E-state index is 0.849. The van der Waals surface area contributed by atoms with Gasteiger partial charge in [-0.05, 0) is 25.3 Å². The number of aromatic nitrogens is 1. The van der Waals surface area contributed by atoms with E-state index in [2.05, 4.69) is 29.9 Å². The van der Waals surface area contributed by atoms with Gasteiger partial charge in [0.25, 0.3) is 0 Å². The lowest BCUT2D eigenvalue weighted by molar-refractivity contribution is 0.766. The first-order chi connectivity index (χ1) is 7.27. The highest BCUT2D eigenvalue weighted by atomic mass is 35.5. The molecule has 0 saturated carbocycles. The van der Waals surface area contributed by atoms with Crippen molar-refractivity contribution >= 4 is 34.3 Å². The van der Waals surface area contributed by atoms with Gasteiger partial charge in [0.05, 0.1) is 10.5 Å². The standard InChI is InChI=1S/C12H14ClNS/c1-3-14-10(8-15-2)7-9-5-4-6-11(13)12(9)14/h4-7H,3,8H2,1-2H3. The average molecular weight is 240 g/mol. The van der Waals surface area contributed by atoms with Crippen molar-refractivity contribution in [2.24, 2.45) is 0 Å². The number of halogens is 1. The van der Waals surface area contributed by atoms with E-state index in [1.54, 1.807) is 0 Å². The van der Waals surface area contributed by atoms with Crippen LogP contribution in [0.4, 0.5) is 0 Å². The van der Waals surface area contributed by atoms with E-state index in [-0.39, 0.29) is 0 Å². The summed E-state index contributed by atoms with van der Waals surface area (Å²) in [6, 6.07) is 8.32. The first-order valence-electron chi connectivity index (χ1n) is 5.03. The van der Waals surface area contributed by atoms with Crippen molar-refractivity contribution in [1.29, 1.82) is 0 Å². The van der Waals surface area contributed by atoms with Gasteiger partial charge >= 0.3 is 0 Å². The third-order valence-electron chi connectivity index (χ3n) is 2.57. The molecule has 0 aliphatic heterocycles. The molecule has 0 spiro atoms. The summed E-state index contributed by atoms with van der Waals surface area (Å²) in [4.78, 5) is 0. The fraction of sp³-hybridized carbons (Fsp3) is 0.333. The Hall–Kier alpha value is -0.600. The molecule has 0 bridgehead atoms. The molecule has 15 heavy (non-hydrogen) atoms. The summed E-state index contributed by atoms with van der Waals surface area (Å²) in [7, 11) is 0. The minimum absolute atomic E-state index is 0.849. The molecule has 2 aromatic rings. The van der Waals surface area contributed by atoms with Crippen LogP contribution in [0.15, 0.2) is 24.3 Å². The van der Waals surface area contributed by atoms with Crippen molar-refractivity contribution in [3.8, 4) is 0 Å². The molecule has 0 radical (unpaired) electrons. The zero-order valence-corrected chi connectivity index (χ0v) is 10.5. The number of thioether (sulfide) groups is 1. The quantitative estimate of drug-likeness (QED) is 0.778. The molecule has 1 nitrogen and oxygen atoms in total. The van der Waals surface area contributed by atoms with E-state index in [0.29, 0.717) is 0 Å². The predicted molar refractivity (Wildman–Crippen MR) is 69.8 cm³/mol. The molecule has 0 unspecified atom stereocenters. The maximum absolute atomic E-state index is 6.23. The lowest BCUT2D eigenvalue weighted by atomic mass is 10.2. The molecule has 1 heterocycles. The number of para-hydroxylation sites is 1. The largest absolute Gasteiger partial charge is 0.343 e. The third-order valence-corrected chi connectivity index (χ3v) is 3.45. The average Bonchev–Trinajstić information content (AvgIpc) is 2.57. The van der Waals surface area contributed by atoms with Gasteiger partial charge < -0.3 is 4.57 Å². The van der Waals surface area contributed by atoms with Gasteiger partial charge in [-0.2, -0.15) is 11.8 Å². The van der Waals surface area contributed by atoms with Gasteiger partial charge in [0.2, 0.25) is 0 Å². The summed E-state index contributed by atoms with van der Waals surface area (Å²) in [5.41, 5.74) is 2.53. The van der Waals surface area contributed by atoms with E-state index < -0.39 is 0 Å². The number of nitrogens with zero attached hydrogens (tertiary/aromatic N) is 1. The summed E-state index contributed by atoms with van der Waals surface area (Å²) < 4.78 is 2.30. The van der Waals surface area contributed by atoms with Crippen molar-refractivity contribution in [1.82, 2.24) is 4.57 Å². The fourth-order valence-corrected chi connectivity index (χ4v) is 2.78. The topological polar surface area (TPSA) is 4.93 Å². The summed E-state index contributed by atoms with van der Waals surface area (Å²) in [6.45, 7) is 3.13. The van der Waals surface area contributed by atoms with Crippen LogP contribution in [0.5, 0.6) is 0 Å². The lowest BCUT2D eigenvalue weighted by Gasteiger charge is -2.07. The second-order valence-electron chi connectivity index (χ2n) is 3.49. The Bertz CT molecular complexity index is 476. The SMILES string of the molecule is CCn1c(CSC)cc2cccc(Cl)c21. The number of hydrogen-bond acceptors (Lipinski definition) is 1. The molecule has 80 valence electrons. The van der Waals surface area contributed by atoms with Crippen LogP contribution in [0.2, 0.25) is 5.02 Å². The monoisotopic (exact) mass is 239 g/mol. The molecule has 0 aliphatic rings. The van der Waals surface area contributed by atoms with Gasteiger partial charge in [0, 0.05) is 23.4 Å². The van der Waals surface area contributed by atoms with Gasteiger partial charge in [-0.3, -0.25) is 0 Å². The van der Waals surface area contributed by atoms with Crippen molar-refractivity contribution in [3.63, 3.8) is 0 Å². The molecule has 1 aromatic carbocycles. The number of aryl methyl sites for hydroxylation is 1. The molecular formula is C12H14ClNS. The van der Waals surface area contributed by atoms with Crippen LogP contribution in [-0.2, 0) is 12.3 Å². The van der Waals surface area contributed by atoms with E-state index in [9.17, 15) is 0 Å². The molecule has 0 saturated heterocycles. The Morgan fingerprint density at radius 2 is 2.20 bits per heavy atom. The Morgan fingerprint density at radius 1 is 1.40 bits per heavy atom. The maximum atomic E-state index is 6.23. The smallest absolute Gasteiger partial charge is 0.0672 e. The first kappa shape index (κ1) is 10.9. The molecule has 0 amide bonds. The van der Waals surface area contributed by atoms with Crippen LogP contribution >= 0.6 is 23.4 Å². The van der Waals surface area contributed by atoms with Gasteiger partial charge in [0.1, 0.15) is 0 Å². The van der Waals surface area contributed by atoms with Crippen LogP contribution in [0.25, 0.3) is 10.9 Å². The molecule has 0 atom stereocenters. The number of fused-ring (bicyclic) bond motifs is 1. The van der Waals surface area contributed by atoms with E-state index in [1.807, 2.05) is 23.9 Å². The van der Waals surface area contributed by atoms with Crippen LogP contribution in [0, 0.1) is 0 Å². The molecule has 1 aromatic heterocycles. The van der Waals surface area contributed by atoms with Crippen molar-refractivity contribution in [3.05, 3.63) is 35.0 Å². The van der Waals surface area contributed by atoms with E-state index in [0.717, 1.165) is 17.3 Å². The second kappa shape index (κ2) is 4.50. The van der Waals surface area contributed by atoms with Gasteiger partial charge in [-0.15, -0.1) is 0 Å². The zero-order chi connectivity index (χ0) is 10.8. The summed E-state index contributed by atoms with van der Waals surface area (Å²) in [6.07, 6.45) is 2.12. The molecule has 0 aliphatic carbocycles. The van der Waals surface area contributed by atoms with Gasteiger partial charge in [0.15, 0.2) is 0 Å². The molecule has 0 N–H and O–H groups in total. The van der Waals surface area contributed by atoms with Crippen LogP contribution in [-0.4, -0.2) is 10.8 Å². The highest BCUT2D eigenvalue weighted by Gasteiger charge is 2.09. The lowest BCUT2D eigenvalue weighted by Crippen LogP contribution is -1.98. The molecule has 0 fully saturated rings. The summed E-state index contributed by atoms with van der Waals surface area (Å²) >= 11 is 8.07. The maximum Gasteiger partial charge on any atom is 0.0672 e. The van der Waals surface area contributed by atoms with Gasteiger partial charge in [-0.25, -0.2) is 0 Å². The first-order valence-corrected chi connectivity index (χ1v) is 6.80. The summed E-state index contributed by atoms with van der Waals surface area (Å²) in [5, 5.41) is 2.09. The van der Waals surface area contributed by atoms with E-state index in [4.69, 9.17) is 11.6 Å². The normalized spacial score (nSPS) is 11.1. The highest BCUT2D eigenvalue weighted by Crippen LogP contribution is 2.28. The van der Waals surface area contributed by atoms with Crippen LogP contribution in [0.3, 0.4) is 0 Å². The summed E-state index contributed by atoms with van der Waals surface area (Å²) in [5.74, 6) is 1.04. The van der Waals surface area contributed by atoms with Crippen molar-refractivity contribution < 1.29 is 0 Å². The Labute approximate surface area is 99.4 Å². The Balaban J connectivity index is 2.68. The van der Waals surface area contributed by atoms with Crippen LogP contribution in [0.1, 0.15) is 12.6 Å². The second-order valence-corrected chi connectivity index (χ2v) is 4.76. The highest BCUT2D eigenvalue weighted by molar-refractivity contribution is 7.97. The van der Waals surface area contributed by atoms with Crippen molar-refractivity contribution in [2.75, 3.05) is 6.26 Å². The van der Waals surface area contributed by atoms with Crippen molar-refractivity contribution in [2.45, 2.75) is 19.2 Å². The third kappa shape index (κ3) is 1.88. The number of hydrogen-bond donors (Lipinski definition) is 0. The molecular weight excluding hydrogens is 226 g/mol. The Kier molecular flexibility index (Phi) is 3.27. The fourth-order valence-electron chi connectivity index (χ4n) is 1.96. The van der Waals surface area contributed by atoms with Crippen LogP contribution < -0.4 is 0 Å². The number of rotatable bonds is 3. The zero-order valence-electron chi connectivity index (χ0n) is 8.96. The van der Waals surface area contributed by atoms with Gasteiger partial charge in [-0.1, -0.05) is 23.7 Å². The minimum Gasteiger partial charge on any atom is -0.343 e. The van der Waals surface area contributed by atoms with E-state index >= 15 is 0 Å². The molecule has 2 rings (SSSR count). The predicted octanol–water partition coefficient (Wildman–Crippen LogP) is 4.18. The molecule has 3 heteroatoms.